The summed E-state index contributed by atoms with van der Waals surface area (Å²) in [5.74, 6) is 1.85. The molecular formula is C17H23NO2. The molecule has 1 aliphatic rings. The second-order valence-corrected chi connectivity index (χ2v) is 5.78. The van der Waals surface area contributed by atoms with Gasteiger partial charge in [-0.1, -0.05) is 18.2 Å². The van der Waals surface area contributed by atoms with Crippen molar-refractivity contribution < 1.29 is 9.15 Å². The average Bonchev–Trinajstić information content (AvgIpc) is 2.87. The van der Waals surface area contributed by atoms with Crippen molar-refractivity contribution in [3.8, 4) is 0 Å². The number of ether oxygens (including phenoxy) is 1. The summed E-state index contributed by atoms with van der Waals surface area (Å²) in [6, 6.07) is 10.4. The van der Waals surface area contributed by atoms with Crippen LogP contribution in [0.3, 0.4) is 0 Å². The maximum absolute atomic E-state index is 5.92. The van der Waals surface area contributed by atoms with E-state index in [1.807, 2.05) is 12.1 Å². The van der Waals surface area contributed by atoms with Crippen LogP contribution in [0.4, 0.5) is 0 Å². The summed E-state index contributed by atoms with van der Waals surface area (Å²) in [7, 11) is 1.79. The van der Waals surface area contributed by atoms with Crippen molar-refractivity contribution in [3.63, 3.8) is 0 Å². The Morgan fingerprint density at radius 1 is 1.35 bits per heavy atom. The molecule has 1 aromatic carbocycles. The van der Waals surface area contributed by atoms with Gasteiger partial charge in [-0.3, -0.25) is 4.90 Å². The van der Waals surface area contributed by atoms with Crippen LogP contribution < -0.4 is 0 Å². The number of hydrogen-bond acceptors (Lipinski definition) is 3. The molecule has 1 aliphatic heterocycles. The number of likely N-dealkylation sites (tertiary alicyclic amines) is 1. The second kappa shape index (κ2) is 6.42. The third-order valence-corrected chi connectivity index (χ3v) is 4.19. The summed E-state index contributed by atoms with van der Waals surface area (Å²) in [5.41, 5.74) is 0.996. The number of benzene rings is 1. The normalized spacial score (nSPS) is 20.6. The van der Waals surface area contributed by atoms with Crippen LogP contribution in [-0.4, -0.2) is 31.7 Å². The minimum atomic E-state index is 0.771. The molecule has 3 rings (SSSR count). The Kier molecular flexibility index (Phi) is 4.38. The standard InChI is InChI=1S/C17H23NO2/c1-19-10-8-14-5-4-9-18(12-14)13-16-11-15-6-2-3-7-17(15)20-16/h2-3,6-7,11,14H,4-5,8-10,12-13H2,1H3/t14-/m1/s1. The van der Waals surface area contributed by atoms with Gasteiger partial charge in [-0.25, -0.2) is 0 Å². The molecule has 1 aromatic heterocycles. The van der Waals surface area contributed by atoms with E-state index in [4.69, 9.17) is 9.15 Å². The lowest BCUT2D eigenvalue weighted by Gasteiger charge is -2.32. The number of piperidine rings is 1. The highest BCUT2D eigenvalue weighted by Gasteiger charge is 2.20. The molecular weight excluding hydrogens is 250 g/mol. The van der Waals surface area contributed by atoms with Crippen LogP contribution >= 0.6 is 0 Å². The molecule has 1 saturated heterocycles. The van der Waals surface area contributed by atoms with Gasteiger partial charge in [-0.05, 0) is 43.9 Å². The molecule has 2 aromatic rings. The van der Waals surface area contributed by atoms with Gasteiger partial charge >= 0.3 is 0 Å². The first-order chi connectivity index (χ1) is 9.85. The fourth-order valence-electron chi connectivity index (χ4n) is 3.15. The SMILES string of the molecule is COCC[C@H]1CCCN(Cc2cc3ccccc3o2)C1. The Morgan fingerprint density at radius 3 is 3.10 bits per heavy atom. The van der Waals surface area contributed by atoms with Crippen molar-refractivity contribution in [3.05, 3.63) is 36.1 Å². The van der Waals surface area contributed by atoms with Crippen molar-refractivity contribution in [2.45, 2.75) is 25.8 Å². The second-order valence-electron chi connectivity index (χ2n) is 5.78. The summed E-state index contributed by atoms with van der Waals surface area (Å²) in [6.07, 6.45) is 3.79. The van der Waals surface area contributed by atoms with Gasteiger partial charge in [0.15, 0.2) is 0 Å². The van der Waals surface area contributed by atoms with Crippen LogP contribution in [0.2, 0.25) is 0 Å². The molecule has 0 bridgehead atoms. The number of fused-ring (bicyclic) bond motifs is 1. The van der Waals surface area contributed by atoms with E-state index in [9.17, 15) is 0 Å². The molecule has 1 atom stereocenters. The lowest BCUT2D eigenvalue weighted by atomic mass is 9.95. The molecule has 0 aliphatic carbocycles. The number of rotatable bonds is 5. The first-order valence-electron chi connectivity index (χ1n) is 7.54. The van der Waals surface area contributed by atoms with E-state index in [2.05, 4.69) is 23.1 Å². The molecule has 0 spiro atoms. The van der Waals surface area contributed by atoms with Gasteiger partial charge < -0.3 is 9.15 Å². The zero-order valence-corrected chi connectivity index (χ0v) is 12.2. The first kappa shape index (κ1) is 13.7. The van der Waals surface area contributed by atoms with Crippen molar-refractivity contribution in [2.75, 3.05) is 26.8 Å². The summed E-state index contributed by atoms with van der Waals surface area (Å²) < 4.78 is 11.1. The maximum Gasteiger partial charge on any atom is 0.134 e. The summed E-state index contributed by atoms with van der Waals surface area (Å²) in [5, 5.41) is 1.20. The minimum absolute atomic E-state index is 0.771. The number of furan rings is 1. The lowest BCUT2D eigenvalue weighted by Crippen LogP contribution is -2.35. The Bertz CT molecular complexity index is 516. The molecule has 2 heterocycles. The van der Waals surface area contributed by atoms with E-state index < -0.39 is 0 Å². The van der Waals surface area contributed by atoms with E-state index in [0.717, 1.165) is 30.4 Å². The maximum atomic E-state index is 5.92. The Labute approximate surface area is 120 Å². The van der Waals surface area contributed by atoms with Crippen LogP contribution in [0.1, 0.15) is 25.0 Å². The molecule has 0 radical (unpaired) electrons. The molecule has 0 N–H and O–H groups in total. The quantitative estimate of drug-likeness (QED) is 0.831. The topological polar surface area (TPSA) is 25.6 Å². The monoisotopic (exact) mass is 273 g/mol. The molecule has 108 valence electrons. The largest absolute Gasteiger partial charge is 0.460 e. The molecule has 20 heavy (non-hydrogen) atoms. The van der Waals surface area contributed by atoms with Gasteiger partial charge in [0.05, 0.1) is 6.54 Å². The highest BCUT2D eigenvalue weighted by Crippen LogP contribution is 2.24. The molecule has 3 nitrogen and oxygen atoms in total. The molecule has 1 fully saturated rings. The van der Waals surface area contributed by atoms with Crippen molar-refractivity contribution in [1.29, 1.82) is 0 Å². The highest BCUT2D eigenvalue weighted by molar-refractivity contribution is 5.77. The zero-order valence-electron chi connectivity index (χ0n) is 12.2. The van der Waals surface area contributed by atoms with Crippen molar-refractivity contribution in [2.24, 2.45) is 5.92 Å². The third-order valence-electron chi connectivity index (χ3n) is 4.19. The first-order valence-corrected chi connectivity index (χ1v) is 7.54. The van der Waals surface area contributed by atoms with E-state index in [1.165, 1.54) is 37.7 Å². The fraction of sp³-hybridized carbons (Fsp3) is 0.529. The van der Waals surface area contributed by atoms with Crippen LogP contribution in [0, 0.1) is 5.92 Å². The van der Waals surface area contributed by atoms with Crippen molar-refractivity contribution >= 4 is 11.0 Å². The summed E-state index contributed by atoms with van der Waals surface area (Å²) in [6.45, 7) is 4.15. The molecule has 3 heteroatoms. The zero-order chi connectivity index (χ0) is 13.8. The van der Waals surface area contributed by atoms with E-state index >= 15 is 0 Å². The van der Waals surface area contributed by atoms with Gasteiger partial charge in [0.25, 0.3) is 0 Å². The predicted molar refractivity (Wildman–Crippen MR) is 80.7 cm³/mol. The predicted octanol–water partition coefficient (Wildman–Crippen LogP) is 3.68. The number of para-hydroxylation sites is 1. The highest BCUT2D eigenvalue weighted by atomic mass is 16.5. The minimum Gasteiger partial charge on any atom is -0.460 e. The molecule has 0 unspecified atom stereocenters. The Hall–Kier alpha value is -1.32. The summed E-state index contributed by atoms with van der Waals surface area (Å²) >= 11 is 0. The van der Waals surface area contributed by atoms with Gasteiger partial charge in [-0.15, -0.1) is 0 Å². The lowest BCUT2D eigenvalue weighted by molar-refractivity contribution is 0.119. The molecule has 0 amide bonds. The summed E-state index contributed by atoms with van der Waals surface area (Å²) in [4.78, 5) is 2.52. The van der Waals surface area contributed by atoms with E-state index in [-0.39, 0.29) is 0 Å². The van der Waals surface area contributed by atoms with Crippen LogP contribution in [0.15, 0.2) is 34.7 Å². The fourth-order valence-corrected chi connectivity index (χ4v) is 3.15. The van der Waals surface area contributed by atoms with Gasteiger partial charge in [-0.2, -0.15) is 0 Å². The third kappa shape index (κ3) is 3.22. The smallest absolute Gasteiger partial charge is 0.134 e. The number of hydrogen-bond donors (Lipinski definition) is 0. The van der Waals surface area contributed by atoms with Crippen LogP contribution in [0.25, 0.3) is 11.0 Å². The van der Waals surface area contributed by atoms with E-state index in [1.54, 1.807) is 7.11 Å². The Morgan fingerprint density at radius 2 is 2.25 bits per heavy atom. The van der Waals surface area contributed by atoms with Gasteiger partial charge in [0, 0.05) is 25.6 Å². The Balaban J connectivity index is 1.61. The number of nitrogens with zero attached hydrogens (tertiary/aromatic N) is 1. The van der Waals surface area contributed by atoms with Gasteiger partial charge in [0.1, 0.15) is 11.3 Å². The van der Waals surface area contributed by atoms with Crippen LogP contribution in [0.5, 0.6) is 0 Å². The number of methoxy groups -OCH3 is 1. The average molecular weight is 273 g/mol. The van der Waals surface area contributed by atoms with Crippen LogP contribution in [-0.2, 0) is 11.3 Å². The van der Waals surface area contributed by atoms with Gasteiger partial charge in [0.2, 0.25) is 0 Å². The molecule has 0 saturated carbocycles. The van der Waals surface area contributed by atoms with Crippen molar-refractivity contribution in [1.82, 2.24) is 4.90 Å². The van der Waals surface area contributed by atoms with E-state index in [0.29, 0.717) is 0 Å².